The van der Waals surface area contributed by atoms with Gasteiger partial charge in [-0.15, -0.1) is 0 Å². The number of rotatable bonds is 3. The van der Waals surface area contributed by atoms with E-state index in [1.54, 1.807) is 0 Å². The molecule has 0 spiro atoms. The minimum Gasteiger partial charge on any atom is -0.317 e. The summed E-state index contributed by atoms with van der Waals surface area (Å²) in [6.45, 7) is 0.532. The molecule has 0 bridgehead atoms. The molecule has 0 radical (unpaired) electrons. The largest absolute Gasteiger partial charge is 0.317 e. The first-order valence-electron chi connectivity index (χ1n) is 5.13. The van der Waals surface area contributed by atoms with E-state index in [1.807, 2.05) is 7.05 Å². The van der Waals surface area contributed by atoms with Crippen molar-refractivity contribution >= 4 is 0 Å². The van der Waals surface area contributed by atoms with Crippen molar-refractivity contribution < 1.29 is 4.39 Å². The van der Waals surface area contributed by atoms with E-state index in [0.29, 0.717) is 12.5 Å². The molecule has 1 nitrogen and oxygen atoms in total. The molecule has 1 fully saturated rings. The number of alkyl halides is 1. The van der Waals surface area contributed by atoms with E-state index in [4.69, 9.17) is 0 Å². The minimum absolute atomic E-state index is 0.333. The normalized spacial score (nSPS) is 23.5. The Labute approximate surface area is 74.7 Å². The second-order valence-corrected chi connectivity index (χ2v) is 3.83. The minimum atomic E-state index is -0.618. The van der Waals surface area contributed by atoms with E-state index in [0.717, 1.165) is 12.8 Å². The summed E-state index contributed by atoms with van der Waals surface area (Å²) in [7, 11) is 1.82. The zero-order valence-electron chi connectivity index (χ0n) is 7.98. The third kappa shape index (κ3) is 3.10. The maximum Gasteiger partial charge on any atom is 0.115 e. The molecule has 12 heavy (non-hydrogen) atoms. The lowest BCUT2D eigenvalue weighted by molar-refractivity contribution is 0.206. The van der Waals surface area contributed by atoms with Crippen LogP contribution in [0, 0.1) is 5.92 Å². The van der Waals surface area contributed by atoms with Crippen molar-refractivity contribution in [1.29, 1.82) is 0 Å². The van der Waals surface area contributed by atoms with Crippen LogP contribution >= 0.6 is 0 Å². The zero-order chi connectivity index (χ0) is 8.81. The first kappa shape index (κ1) is 9.97. The van der Waals surface area contributed by atoms with Gasteiger partial charge < -0.3 is 5.32 Å². The number of nitrogens with one attached hydrogen (secondary N) is 1. The average Bonchev–Trinajstić information content (AvgIpc) is 2.32. The van der Waals surface area contributed by atoms with Crippen LogP contribution in [-0.4, -0.2) is 19.8 Å². The van der Waals surface area contributed by atoms with Crippen molar-refractivity contribution in [2.45, 2.75) is 44.7 Å². The molecule has 72 valence electrons. The summed E-state index contributed by atoms with van der Waals surface area (Å²) in [5, 5.41) is 2.91. The lowest BCUT2D eigenvalue weighted by atomic mass is 9.95. The van der Waals surface area contributed by atoms with Crippen molar-refractivity contribution in [2.24, 2.45) is 5.92 Å². The van der Waals surface area contributed by atoms with E-state index < -0.39 is 6.17 Å². The monoisotopic (exact) mass is 173 g/mol. The van der Waals surface area contributed by atoms with E-state index in [-0.39, 0.29) is 0 Å². The highest BCUT2D eigenvalue weighted by molar-refractivity contribution is 4.73. The Bertz CT molecular complexity index is 108. The fourth-order valence-electron chi connectivity index (χ4n) is 2.03. The van der Waals surface area contributed by atoms with Gasteiger partial charge in [0.05, 0.1) is 0 Å². The summed E-state index contributed by atoms with van der Waals surface area (Å²) in [6, 6.07) is 0. The third-order valence-electron chi connectivity index (χ3n) is 2.81. The highest BCUT2D eigenvalue weighted by Crippen LogP contribution is 2.26. The second kappa shape index (κ2) is 5.52. The van der Waals surface area contributed by atoms with E-state index >= 15 is 0 Å². The molecule has 1 rings (SSSR count). The Hall–Kier alpha value is -0.110. The van der Waals surface area contributed by atoms with Gasteiger partial charge in [-0.1, -0.05) is 25.7 Å². The fraction of sp³-hybridized carbons (Fsp3) is 1.00. The summed E-state index contributed by atoms with van der Waals surface area (Å²) in [5.41, 5.74) is 0. The predicted molar refractivity (Wildman–Crippen MR) is 50.0 cm³/mol. The van der Waals surface area contributed by atoms with E-state index in [9.17, 15) is 4.39 Å². The van der Waals surface area contributed by atoms with Crippen LogP contribution in [0.3, 0.4) is 0 Å². The maximum atomic E-state index is 13.4. The predicted octanol–water partition coefficient (Wildman–Crippen LogP) is 2.51. The first-order valence-corrected chi connectivity index (χ1v) is 5.13. The molecular formula is C10H20FN. The van der Waals surface area contributed by atoms with Crippen LogP contribution in [0.4, 0.5) is 4.39 Å². The molecule has 2 heteroatoms. The molecule has 0 aliphatic heterocycles. The number of hydrogen-bond donors (Lipinski definition) is 1. The van der Waals surface area contributed by atoms with Crippen molar-refractivity contribution in [3.05, 3.63) is 0 Å². The second-order valence-electron chi connectivity index (χ2n) is 3.83. The SMILES string of the molecule is CNCC(F)C1CCCCCC1. The lowest BCUT2D eigenvalue weighted by Crippen LogP contribution is -2.27. The quantitative estimate of drug-likeness (QED) is 0.647. The Morgan fingerprint density at radius 3 is 2.33 bits per heavy atom. The molecular weight excluding hydrogens is 153 g/mol. The summed E-state index contributed by atoms with van der Waals surface area (Å²) in [5.74, 6) is 0.333. The van der Waals surface area contributed by atoms with Crippen LogP contribution in [0.1, 0.15) is 38.5 Å². The van der Waals surface area contributed by atoms with Crippen LogP contribution in [-0.2, 0) is 0 Å². The van der Waals surface area contributed by atoms with Gasteiger partial charge in [0.1, 0.15) is 6.17 Å². The van der Waals surface area contributed by atoms with Gasteiger partial charge in [0.2, 0.25) is 0 Å². The Kier molecular flexibility index (Phi) is 4.59. The van der Waals surface area contributed by atoms with Crippen molar-refractivity contribution in [3.63, 3.8) is 0 Å². The maximum absolute atomic E-state index is 13.4. The third-order valence-corrected chi connectivity index (χ3v) is 2.81. The Balaban J connectivity index is 2.27. The zero-order valence-corrected chi connectivity index (χ0v) is 7.98. The molecule has 0 amide bonds. The highest BCUT2D eigenvalue weighted by Gasteiger charge is 2.21. The Morgan fingerprint density at radius 1 is 1.25 bits per heavy atom. The van der Waals surface area contributed by atoms with Crippen LogP contribution in [0.25, 0.3) is 0 Å². The Morgan fingerprint density at radius 2 is 1.83 bits per heavy atom. The smallest absolute Gasteiger partial charge is 0.115 e. The van der Waals surface area contributed by atoms with Gasteiger partial charge in [-0.05, 0) is 25.8 Å². The van der Waals surface area contributed by atoms with E-state index in [2.05, 4.69) is 5.32 Å². The van der Waals surface area contributed by atoms with Crippen molar-refractivity contribution in [2.75, 3.05) is 13.6 Å². The average molecular weight is 173 g/mol. The lowest BCUT2D eigenvalue weighted by Gasteiger charge is -2.18. The van der Waals surface area contributed by atoms with Gasteiger partial charge in [-0.3, -0.25) is 0 Å². The molecule has 0 aromatic rings. The molecule has 0 aromatic carbocycles. The van der Waals surface area contributed by atoms with Crippen LogP contribution in [0.2, 0.25) is 0 Å². The molecule has 0 saturated heterocycles. The molecule has 1 aliphatic carbocycles. The molecule has 1 N–H and O–H groups in total. The van der Waals surface area contributed by atoms with Crippen LogP contribution in [0.15, 0.2) is 0 Å². The van der Waals surface area contributed by atoms with Gasteiger partial charge in [0.25, 0.3) is 0 Å². The summed E-state index contributed by atoms with van der Waals surface area (Å²) in [4.78, 5) is 0. The molecule has 0 heterocycles. The fourth-order valence-corrected chi connectivity index (χ4v) is 2.03. The number of hydrogen-bond acceptors (Lipinski definition) is 1. The topological polar surface area (TPSA) is 12.0 Å². The summed E-state index contributed by atoms with van der Waals surface area (Å²) >= 11 is 0. The van der Waals surface area contributed by atoms with Gasteiger partial charge >= 0.3 is 0 Å². The van der Waals surface area contributed by atoms with Gasteiger partial charge in [-0.25, -0.2) is 4.39 Å². The van der Waals surface area contributed by atoms with Crippen molar-refractivity contribution in [3.8, 4) is 0 Å². The molecule has 0 aromatic heterocycles. The summed E-state index contributed by atoms with van der Waals surface area (Å²) in [6.07, 6.45) is 6.66. The van der Waals surface area contributed by atoms with E-state index in [1.165, 1.54) is 25.7 Å². The molecule has 1 atom stereocenters. The summed E-state index contributed by atoms with van der Waals surface area (Å²) < 4.78 is 13.4. The molecule has 1 saturated carbocycles. The van der Waals surface area contributed by atoms with Gasteiger partial charge in [0, 0.05) is 6.54 Å². The standard InChI is InChI=1S/C10H20FN/c1-12-8-10(11)9-6-4-2-3-5-7-9/h9-10,12H,2-8H2,1H3. The van der Waals surface area contributed by atoms with Gasteiger partial charge in [0.15, 0.2) is 0 Å². The van der Waals surface area contributed by atoms with Crippen LogP contribution in [0.5, 0.6) is 0 Å². The highest BCUT2D eigenvalue weighted by atomic mass is 19.1. The van der Waals surface area contributed by atoms with Crippen LogP contribution < -0.4 is 5.32 Å². The van der Waals surface area contributed by atoms with Gasteiger partial charge in [-0.2, -0.15) is 0 Å². The first-order chi connectivity index (χ1) is 5.84. The molecule has 1 aliphatic rings. The molecule has 1 unspecified atom stereocenters. The number of halogens is 1. The van der Waals surface area contributed by atoms with Crippen molar-refractivity contribution in [1.82, 2.24) is 5.32 Å².